The van der Waals surface area contributed by atoms with Crippen LogP contribution in [0.2, 0.25) is 0 Å². The SMILES string of the molecule is COc1ccc(S(=O)(=O)NCC2CCCN(C(=O)c3ncoc3C)C2)cc1. The number of aryl methyl sites for hydroxylation is 1. The van der Waals surface area contributed by atoms with Crippen LogP contribution in [0.5, 0.6) is 5.75 Å². The zero-order valence-corrected chi connectivity index (χ0v) is 16.2. The average Bonchev–Trinajstić information content (AvgIpc) is 3.12. The number of amides is 1. The molecule has 0 aliphatic carbocycles. The zero-order chi connectivity index (χ0) is 19.4. The number of hydrogen-bond acceptors (Lipinski definition) is 6. The molecule has 8 nitrogen and oxygen atoms in total. The van der Waals surface area contributed by atoms with Gasteiger partial charge in [-0.15, -0.1) is 0 Å². The van der Waals surface area contributed by atoms with E-state index in [0.29, 0.717) is 30.3 Å². The molecular weight excluding hydrogens is 370 g/mol. The summed E-state index contributed by atoms with van der Waals surface area (Å²) in [5, 5.41) is 0. The van der Waals surface area contributed by atoms with E-state index < -0.39 is 10.0 Å². The fraction of sp³-hybridized carbons (Fsp3) is 0.444. The van der Waals surface area contributed by atoms with Crippen molar-refractivity contribution in [3.63, 3.8) is 0 Å². The van der Waals surface area contributed by atoms with Crippen LogP contribution in [0.1, 0.15) is 29.1 Å². The van der Waals surface area contributed by atoms with Crippen LogP contribution >= 0.6 is 0 Å². The van der Waals surface area contributed by atoms with Gasteiger partial charge in [0, 0.05) is 19.6 Å². The van der Waals surface area contributed by atoms with Crippen LogP contribution < -0.4 is 9.46 Å². The Morgan fingerprint density at radius 1 is 1.37 bits per heavy atom. The normalized spacial score (nSPS) is 17.7. The molecule has 1 amide bonds. The van der Waals surface area contributed by atoms with E-state index in [0.717, 1.165) is 12.8 Å². The molecular formula is C18H23N3O5S. The fourth-order valence-corrected chi connectivity index (χ4v) is 4.26. The molecule has 27 heavy (non-hydrogen) atoms. The number of rotatable bonds is 6. The summed E-state index contributed by atoms with van der Waals surface area (Å²) in [5.41, 5.74) is 0.314. The van der Waals surface area contributed by atoms with Crippen LogP contribution in [0.4, 0.5) is 0 Å². The van der Waals surface area contributed by atoms with Gasteiger partial charge in [-0.05, 0) is 49.9 Å². The lowest BCUT2D eigenvalue weighted by Gasteiger charge is -2.32. The summed E-state index contributed by atoms with van der Waals surface area (Å²) in [6.45, 7) is 3.09. The monoisotopic (exact) mass is 393 g/mol. The second-order valence-corrected chi connectivity index (χ2v) is 8.31. The van der Waals surface area contributed by atoms with Crippen molar-refractivity contribution in [1.29, 1.82) is 0 Å². The Labute approximate surface area is 158 Å². The molecule has 1 aliphatic rings. The Morgan fingerprint density at radius 2 is 2.11 bits per heavy atom. The number of carbonyl (C=O) groups is 1. The molecule has 1 aliphatic heterocycles. The van der Waals surface area contributed by atoms with Crippen molar-refractivity contribution in [2.24, 2.45) is 5.92 Å². The Morgan fingerprint density at radius 3 is 2.74 bits per heavy atom. The van der Waals surface area contributed by atoms with Crippen molar-refractivity contribution >= 4 is 15.9 Å². The molecule has 1 atom stereocenters. The highest BCUT2D eigenvalue weighted by Crippen LogP contribution is 2.20. The number of piperidine rings is 1. The van der Waals surface area contributed by atoms with Crippen molar-refractivity contribution in [1.82, 2.24) is 14.6 Å². The number of sulfonamides is 1. The maximum atomic E-state index is 12.6. The number of nitrogens with one attached hydrogen (secondary N) is 1. The van der Waals surface area contributed by atoms with E-state index in [-0.39, 0.29) is 23.3 Å². The second-order valence-electron chi connectivity index (χ2n) is 6.54. The smallest absolute Gasteiger partial charge is 0.276 e. The molecule has 3 rings (SSSR count). The molecule has 146 valence electrons. The molecule has 0 spiro atoms. The van der Waals surface area contributed by atoms with Crippen LogP contribution in [-0.2, 0) is 10.0 Å². The summed E-state index contributed by atoms with van der Waals surface area (Å²) in [5.74, 6) is 0.952. The summed E-state index contributed by atoms with van der Waals surface area (Å²) in [7, 11) is -2.08. The summed E-state index contributed by atoms with van der Waals surface area (Å²) >= 11 is 0. The van der Waals surface area contributed by atoms with Crippen molar-refractivity contribution < 1.29 is 22.4 Å². The molecule has 1 fully saturated rings. The third-order valence-electron chi connectivity index (χ3n) is 4.69. The molecule has 0 bridgehead atoms. The molecule has 1 saturated heterocycles. The number of carbonyl (C=O) groups excluding carboxylic acids is 1. The lowest BCUT2D eigenvalue weighted by Crippen LogP contribution is -2.44. The van der Waals surface area contributed by atoms with Gasteiger partial charge in [0.25, 0.3) is 5.91 Å². The van der Waals surface area contributed by atoms with E-state index in [2.05, 4.69) is 9.71 Å². The lowest BCUT2D eigenvalue weighted by molar-refractivity contribution is 0.0669. The van der Waals surface area contributed by atoms with E-state index in [1.165, 1.54) is 25.6 Å². The standard InChI is InChI=1S/C18H23N3O5S/c1-13-17(19-12-26-13)18(22)21-9-3-4-14(11-21)10-20-27(23,24)16-7-5-15(25-2)6-8-16/h5-8,12,14,20H,3-4,9-11H2,1-2H3. The summed E-state index contributed by atoms with van der Waals surface area (Å²) in [6, 6.07) is 6.22. The van der Waals surface area contributed by atoms with Gasteiger partial charge in [0.2, 0.25) is 10.0 Å². The predicted molar refractivity (Wildman–Crippen MR) is 98.1 cm³/mol. The zero-order valence-electron chi connectivity index (χ0n) is 15.3. The van der Waals surface area contributed by atoms with E-state index in [4.69, 9.17) is 9.15 Å². The third-order valence-corrected chi connectivity index (χ3v) is 6.12. The number of nitrogens with zero attached hydrogens (tertiary/aromatic N) is 2. The van der Waals surface area contributed by atoms with Crippen LogP contribution in [0.25, 0.3) is 0 Å². The summed E-state index contributed by atoms with van der Waals surface area (Å²) in [6.07, 6.45) is 2.93. The molecule has 1 aromatic heterocycles. The second kappa shape index (κ2) is 8.10. The minimum absolute atomic E-state index is 0.0444. The van der Waals surface area contributed by atoms with Gasteiger partial charge in [-0.3, -0.25) is 4.79 Å². The molecule has 2 heterocycles. The number of methoxy groups -OCH3 is 1. The number of likely N-dealkylation sites (tertiary alicyclic amines) is 1. The highest BCUT2D eigenvalue weighted by Gasteiger charge is 2.28. The quantitative estimate of drug-likeness (QED) is 0.803. The maximum Gasteiger partial charge on any atom is 0.276 e. The van der Waals surface area contributed by atoms with E-state index in [9.17, 15) is 13.2 Å². The highest BCUT2D eigenvalue weighted by atomic mass is 32.2. The Hall–Kier alpha value is -2.39. The lowest BCUT2D eigenvalue weighted by atomic mass is 9.98. The summed E-state index contributed by atoms with van der Waals surface area (Å²) < 4.78 is 37.7. The van der Waals surface area contributed by atoms with Gasteiger partial charge < -0.3 is 14.1 Å². The van der Waals surface area contributed by atoms with Crippen molar-refractivity contribution in [2.45, 2.75) is 24.7 Å². The van der Waals surface area contributed by atoms with Gasteiger partial charge in [0.05, 0.1) is 12.0 Å². The van der Waals surface area contributed by atoms with Crippen molar-refractivity contribution in [2.75, 3.05) is 26.7 Å². The Kier molecular flexibility index (Phi) is 5.81. The van der Waals surface area contributed by atoms with Gasteiger partial charge >= 0.3 is 0 Å². The fourth-order valence-electron chi connectivity index (χ4n) is 3.14. The number of aromatic nitrogens is 1. The molecule has 9 heteroatoms. The summed E-state index contributed by atoms with van der Waals surface area (Å²) in [4.78, 5) is 18.4. The molecule has 1 N–H and O–H groups in total. The van der Waals surface area contributed by atoms with E-state index in [1.54, 1.807) is 24.0 Å². The topological polar surface area (TPSA) is 102 Å². The van der Waals surface area contributed by atoms with Crippen LogP contribution in [0.3, 0.4) is 0 Å². The van der Waals surface area contributed by atoms with Crippen molar-refractivity contribution in [3.8, 4) is 5.75 Å². The molecule has 0 radical (unpaired) electrons. The van der Waals surface area contributed by atoms with Gasteiger partial charge in [0.1, 0.15) is 11.5 Å². The first-order chi connectivity index (χ1) is 12.9. The Bertz CT molecular complexity index is 892. The van der Waals surface area contributed by atoms with E-state index >= 15 is 0 Å². The maximum absolute atomic E-state index is 12.6. The largest absolute Gasteiger partial charge is 0.497 e. The van der Waals surface area contributed by atoms with Crippen LogP contribution in [-0.4, -0.2) is 51.0 Å². The number of oxazole rings is 1. The molecule has 2 aromatic rings. The first kappa shape index (κ1) is 19.4. The van der Waals surface area contributed by atoms with Gasteiger partial charge in [0.15, 0.2) is 12.1 Å². The first-order valence-electron chi connectivity index (χ1n) is 8.74. The third kappa shape index (κ3) is 4.48. The highest BCUT2D eigenvalue weighted by molar-refractivity contribution is 7.89. The number of benzene rings is 1. The minimum Gasteiger partial charge on any atom is -0.497 e. The molecule has 1 unspecified atom stereocenters. The van der Waals surface area contributed by atoms with Gasteiger partial charge in [-0.2, -0.15) is 0 Å². The number of ether oxygens (including phenoxy) is 1. The first-order valence-corrected chi connectivity index (χ1v) is 10.2. The Balaban J connectivity index is 1.60. The van der Waals surface area contributed by atoms with Crippen LogP contribution in [0, 0.1) is 12.8 Å². The van der Waals surface area contributed by atoms with E-state index in [1.807, 2.05) is 0 Å². The number of hydrogen-bond donors (Lipinski definition) is 1. The van der Waals surface area contributed by atoms with Gasteiger partial charge in [-0.1, -0.05) is 0 Å². The molecule has 1 aromatic carbocycles. The average molecular weight is 393 g/mol. The molecule has 0 saturated carbocycles. The van der Waals surface area contributed by atoms with Crippen molar-refractivity contribution in [3.05, 3.63) is 42.1 Å². The predicted octanol–water partition coefficient (Wildman–Crippen LogP) is 1.82. The van der Waals surface area contributed by atoms with Gasteiger partial charge in [-0.25, -0.2) is 18.1 Å². The minimum atomic E-state index is -3.61. The van der Waals surface area contributed by atoms with Crippen LogP contribution in [0.15, 0.2) is 40.0 Å².